The number of carbonyl (C=O) groups excluding carboxylic acids is 3. The van der Waals surface area contributed by atoms with Crippen molar-refractivity contribution >= 4 is 23.4 Å². The van der Waals surface area contributed by atoms with E-state index < -0.39 is 5.41 Å². The smallest absolute Gasteiger partial charge is 0.243 e. The van der Waals surface area contributed by atoms with Crippen LogP contribution in [-0.4, -0.2) is 45.6 Å². The van der Waals surface area contributed by atoms with Gasteiger partial charge in [-0.25, -0.2) is 9.67 Å². The van der Waals surface area contributed by atoms with Crippen molar-refractivity contribution in [1.29, 1.82) is 0 Å². The van der Waals surface area contributed by atoms with Crippen LogP contribution < -0.4 is 16.0 Å². The fourth-order valence-electron chi connectivity index (χ4n) is 2.07. The Morgan fingerprint density at radius 1 is 1.04 bits per heavy atom. The standard InChI is InChI=1S/C18H24N6O3/c1-18(2,3)17(27)20-9-8-15(25)21-10-16(26)23-13-4-6-14(7-5-13)24-12-19-11-22-24/h4-7,11-12H,8-10H2,1-3H3,(H,20,27)(H,21,25)(H,23,26). The van der Waals surface area contributed by atoms with Crippen LogP contribution in [0, 0.1) is 5.41 Å². The maximum atomic E-state index is 11.9. The number of hydrogen-bond donors (Lipinski definition) is 3. The van der Waals surface area contributed by atoms with Gasteiger partial charge in [0.1, 0.15) is 12.7 Å². The Balaban J connectivity index is 1.70. The van der Waals surface area contributed by atoms with Crippen LogP contribution in [0.15, 0.2) is 36.9 Å². The Morgan fingerprint density at radius 2 is 1.74 bits per heavy atom. The zero-order valence-electron chi connectivity index (χ0n) is 15.7. The van der Waals surface area contributed by atoms with Gasteiger partial charge >= 0.3 is 0 Å². The minimum absolute atomic E-state index is 0.113. The molecule has 2 aromatic rings. The summed E-state index contributed by atoms with van der Waals surface area (Å²) < 4.78 is 1.60. The molecule has 1 aromatic carbocycles. The van der Waals surface area contributed by atoms with Gasteiger partial charge in [0.2, 0.25) is 17.7 Å². The van der Waals surface area contributed by atoms with E-state index in [1.807, 2.05) is 0 Å². The summed E-state index contributed by atoms with van der Waals surface area (Å²) in [5.41, 5.74) is 0.923. The lowest BCUT2D eigenvalue weighted by atomic mass is 9.96. The second-order valence-corrected chi connectivity index (χ2v) is 6.97. The number of anilines is 1. The Morgan fingerprint density at radius 3 is 2.33 bits per heavy atom. The van der Waals surface area contributed by atoms with Crippen LogP contribution in [0.3, 0.4) is 0 Å². The fraction of sp³-hybridized carbons (Fsp3) is 0.389. The first kappa shape index (κ1) is 20.1. The normalized spacial score (nSPS) is 10.9. The number of benzene rings is 1. The summed E-state index contributed by atoms with van der Waals surface area (Å²) in [7, 11) is 0. The summed E-state index contributed by atoms with van der Waals surface area (Å²) in [6.07, 6.45) is 3.13. The molecule has 1 heterocycles. The summed E-state index contributed by atoms with van der Waals surface area (Å²) in [6, 6.07) is 7.05. The molecular weight excluding hydrogens is 348 g/mol. The molecule has 0 radical (unpaired) electrons. The summed E-state index contributed by atoms with van der Waals surface area (Å²) in [5, 5.41) is 11.9. The second-order valence-electron chi connectivity index (χ2n) is 6.97. The summed E-state index contributed by atoms with van der Waals surface area (Å²) in [5.74, 6) is -0.765. The Bertz CT molecular complexity index is 778. The van der Waals surface area contributed by atoms with Crippen molar-refractivity contribution in [2.24, 2.45) is 5.41 Å². The number of rotatable bonds is 7. The van der Waals surface area contributed by atoms with E-state index in [-0.39, 0.29) is 37.2 Å². The highest BCUT2D eigenvalue weighted by Gasteiger charge is 2.20. The van der Waals surface area contributed by atoms with Gasteiger partial charge in [-0.3, -0.25) is 14.4 Å². The Labute approximate surface area is 157 Å². The van der Waals surface area contributed by atoms with Crippen molar-refractivity contribution < 1.29 is 14.4 Å². The van der Waals surface area contributed by atoms with E-state index in [0.717, 1.165) is 5.69 Å². The molecule has 0 fully saturated rings. The van der Waals surface area contributed by atoms with Crippen LogP contribution in [0.25, 0.3) is 5.69 Å². The van der Waals surface area contributed by atoms with Crippen LogP contribution in [-0.2, 0) is 14.4 Å². The second kappa shape index (κ2) is 8.93. The maximum Gasteiger partial charge on any atom is 0.243 e. The van der Waals surface area contributed by atoms with E-state index in [1.54, 1.807) is 56.0 Å². The summed E-state index contributed by atoms with van der Waals surface area (Å²) in [6.45, 7) is 5.48. The molecule has 0 spiro atoms. The van der Waals surface area contributed by atoms with Crippen molar-refractivity contribution in [3.8, 4) is 5.69 Å². The molecule has 3 amide bonds. The molecule has 0 aliphatic heterocycles. The van der Waals surface area contributed by atoms with E-state index in [1.165, 1.54) is 6.33 Å². The monoisotopic (exact) mass is 372 g/mol. The maximum absolute atomic E-state index is 11.9. The molecule has 0 atom stereocenters. The van der Waals surface area contributed by atoms with E-state index in [4.69, 9.17) is 0 Å². The Hall–Kier alpha value is -3.23. The van der Waals surface area contributed by atoms with Gasteiger partial charge in [-0.2, -0.15) is 5.10 Å². The van der Waals surface area contributed by atoms with Crippen molar-refractivity contribution in [2.75, 3.05) is 18.4 Å². The molecule has 3 N–H and O–H groups in total. The van der Waals surface area contributed by atoms with Gasteiger partial charge in [-0.05, 0) is 24.3 Å². The van der Waals surface area contributed by atoms with Crippen molar-refractivity contribution in [3.63, 3.8) is 0 Å². The molecule has 0 aliphatic carbocycles. The first-order valence-corrected chi connectivity index (χ1v) is 8.55. The molecule has 0 unspecified atom stereocenters. The highest BCUT2D eigenvalue weighted by molar-refractivity contribution is 5.94. The van der Waals surface area contributed by atoms with E-state index in [0.29, 0.717) is 5.69 Å². The first-order chi connectivity index (χ1) is 12.8. The number of carbonyl (C=O) groups is 3. The van der Waals surface area contributed by atoms with Gasteiger partial charge in [-0.1, -0.05) is 20.8 Å². The van der Waals surface area contributed by atoms with Gasteiger partial charge < -0.3 is 16.0 Å². The van der Waals surface area contributed by atoms with Crippen LogP contribution in [0.1, 0.15) is 27.2 Å². The van der Waals surface area contributed by atoms with Crippen LogP contribution in [0.4, 0.5) is 5.69 Å². The van der Waals surface area contributed by atoms with Crippen molar-refractivity contribution in [2.45, 2.75) is 27.2 Å². The van der Waals surface area contributed by atoms with Gasteiger partial charge in [0.15, 0.2) is 0 Å². The summed E-state index contributed by atoms with van der Waals surface area (Å²) >= 11 is 0. The molecule has 9 heteroatoms. The van der Waals surface area contributed by atoms with E-state index in [9.17, 15) is 14.4 Å². The molecule has 0 saturated heterocycles. The SMILES string of the molecule is CC(C)(C)C(=O)NCCC(=O)NCC(=O)Nc1ccc(-n2cncn2)cc1. The average Bonchev–Trinajstić information content (AvgIpc) is 3.14. The quantitative estimate of drug-likeness (QED) is 0.667. The topological polar surface area (TPSA) is 118 Å². The number of hydrogen-bond acceptors (Lipinski definition) is 5. The van der Waals surface area contributed by atoms with Crippen molar-refractivity contribution in [3.05, 3.63) is 36.9 Å². The first-order valence-electron chi connectivity index (χ1n) is 8.55. The Kier molecular flexibility index (Phi) is 6.64. The largest absolute Gasteiger partial charge is 0.355 e. The van der Waals surface area contributed by atoms with Gasteiger partial charge in [0, 0.05) is 24.1 Å². The molecule has 0 saturated carbocycles. The summed E-state index contributed by atoms with van der Waals surface area (Å²) in [4.78, 5) is 39.2. The number of amides is 3. The van der Waals surface area contributed by atoms with Crippen molar-refractivity contribution in [1.82, 2.24) is 25.4 Å². The number of aromatic nitrogens is 3. The van der Waals surface area contributed by atoms with Crippen LogP contribution in [0.2, 0.25) is 0 Å². The minimum Gasteiger partial charge on any atom is -0.355 e. The number of nitrogens with zero attached hydrogens (tertiary/aromatic N) is 3. The minimum atomic E-state index is -0.500. The molecular formula is C18H24N6O3. The van der Waals surface area contributed by atoms with Crippen LogP contribution >= 0.6 is 0 Å². The third kappa shape index (κ3) is 6.53. The lowest BCUT2D eigenvalue weighted by molar-refractivity contribution is -0.129. The zero-order valence-corrected chi connectivity index (χ0v) is 15.7. The molecule has 27 heavy (non-hydrogen) atoms. The van der Waals surface area contributed by atoms with Gasteiger partial charge in [-0.15, -0.1) is 0 Å². The highest BCUT2D eigenvalue weighted by atomic mass is 16.2. The lowest BCUT2D eigenvalue weighted by Crippen LogP contribution is -2.38. The van der Waals surface area contributed by atoms with E-state index in [2.05, 4.69) is 26.0 Å². The predicted molar refractivity (Wildman–Crippen MR) is 100 cm³/mol. The van der Waals surface area contributed by atoms with Gasteiger partial charge in [0.25, 0.3) is 0 Å². The third-order valence-electron chi connectivity index (χ3n) is 3.60. The molecule has 2 rings (SSSR count). The molecule has 1 aromatic heterocycles. The average molecular weight is 372 g/mol. The molecule has 9 nitrogen and oxygen atoms in total. The number of nitrogens with one attached hydrogen (secondary N) is 3. The zero-order chi connectivity index (χ0) is 19.9. The molecule has 144 valence electrons. The predicted octanol–water partition coefficient (Wildman–Crippen LogP) is 0.874. The fourth-order valence-corrected chi connectivity index (χ4v) is 2.07. The third-order valence-corrected chi connectivity index (χ3v) is 3.60. The highest BCUT2D eigenvalue weighted by Crippen LogP contribution is 2.12. The van der Waals surface area contributed by atoms with Crippen LogP contribution in [0.5, 0.6) is 0 Å². The molecule has 0 aliphatic rings. The lowest BCUT2D eigenvalue weighted by Gasteiger charge is -2.17. The molecule has 0 bridgehead atoms. The van der Waals surface area contributed by atoms with Gasteiger partial charge in [0.05, 0.1) is 12.2 Å². The van der Waals surface area contributed by atoms with E-state index >= 15 is 0 Å².